The molecule has 2 atom stereocenters. The number of hydrogen-bond donors (Lipinski definition) is 0. The van der Waals surface area contributed by atoms with E-state index in [2.05, 4.69) is 19.6 Å². The lowest BCUT2D eigenvalue weighted by atomic mass is 9.97. The van der Waals surface area contributed by atoms with E-state index in [1.54, 1.807) is 21.3 Å². The van der Waals surface area contributed by atoms with Crippen LogP contribution in [0.2, 0.25) is 51.4 Å². The fraction of sp³-hybridized carbons (Fsp3) is 1.00. The van der Waals surface area contributed by atoms with Crippen LogP contribution in [0.1, 0.15) is 19.3 Å². The highest BCUT2D eigenvalue weighted by Gasteiger charge is 2.57. The summed E-state index contributed by atoms with van der Waals surface area (Å²) in [5, 5.41) is 0. The van der Waals surface area contributed by atoms with Gasteiger partial charge in [0.15, 0.2) is 8.32 Å². The molecule has 0 aromatic carbocycles. The fourth-order valence-electron chi connectivity index (χ4n) is 3.67. The first-order valence-electron chi connectivity index (χ1n) is 11.2. The summed E-state index contributed by atoms with van der Waals surface area (Å²) in [7, 11) is -1.60. The van der Waals surface area contributed by atoms with E-state index in [0.29, 0.717) is 6.04 Å². The van der Waals surface area contributed by atoms with E-state index in [1.807, 2.05) is 19.6 Å². The third kappa shape index (κ3) is 13.1. The maximum atomic E-state index is 13.2. The quantitative estimate of drug-likeness (QED) is 0.121. The monoisotopic (exact) mass is 542 g/mol. The van der Waals surface area contributed by atoms with Crippen LogP contribution in [0.25, 0.3) is 0 Å². The van der Waals surface area contributed by atoms with Crippen molar-refractivity contribution in [2.75, 3.05) is 34.5 Å². The van der Waals surface area contributed by atoms with Gasteiger partial charge in [-0.2, -0.15) is 22.0 Å². The van der Waals surface area contributed by atoms with Gasteiger partial charge < -0.3 is 22.4 Å². The van der Waals surface area contributed by atoms with Crippen molar-refractivity contribution in [1.82, 2.24) is 0 Å². The van der Waals surface area contributed by atoms with Gasteiger partial charge >= 0.3 is 20.9 Å². The molecule has 0 aromatic heterocycles. The number of hydrogen-bond acceptors (Lipinski definition) is 5. The van der Waals surface area contributed by atoms with Crippen molar-refractivity contribution in [2.24, 2.45) is 5.92 Å². The van der Waals surface area contributed by atoms with Crippen LogP contribution in [0.5, 0.6) is 0 Å². The average molecular weight is 543 g/mol. The van der Waals surface area contributed by atoms with Crippen molar-refractivity contribution in [3.8, 4) is 0 Å². The lowest BCUT2D eigenvalue weighted by molar-refractivity contribution is -0.297. The minimum Gasteiger partial charge on any atom is -0.414 e. The Labute approximate surface area is 199 Å². The van der Waals surface area contributed by atoms with E-state index in [4.69, 9.17) is 22.4 Å². The van der Waals surface area contributed by atoms with Gasteiger partial charge in [-0.05, 0) is 44.8 Å². The van der Waals surface area contributed by atoms with Crippen LogP contribution in [0.3, 0.4) is 0 Å². The molecule has 0 bridgehead atoms. The normalized spacial score (nSPS) is 16.2. The standard InChI is InChI=1S/C20H43F5O5Si3/c1-26-33(27-2,28-3)14-10-11-17(15-31(4,5)6)18(30-32(7,8)9)12-13-29-16-19(21,22)20(23,24)25/h17-18H,10-16H2,1-9H3. The minimum atomic E-state index is -5.62. The van der Waals surface area contributed by atoms with Crippen molar-refractivity contribution in [2.45, 2.75) is 88.8 Å². The van der Waals surface area contributed by atoms with E-state index in [9.17, 15) is 22.0 Å². The summed E-state index contributed by atoms with van der Waals surface area (Å²) < 4.78 is 91.3. The van der Waals surface area contributed by atoms with Crippen molar-refractivity contribution in [3.63, 3.8) is 0 Å². The van der Waals surface area contributed by atoms with Gasteiger partial charge in [-0.15, -0.1) is 0 Å². The lowest BCUT2D eigenvalue weighted by Gasteiger charge is -2.36. The maximum absolute atomic E-state index is 13.2. The van der Waals surface area contributed by atoms with Gasteiger partial charge in [0.1, 0.15) is 6.61 Å². The Kier molecular flexibility index (Phi) is 13.5. The highest BCUT2D eigenvalue weighted by atomic mass is 28.4. The van der Waals surface area contributed by atoms with E-state index >= 15 is 0 Å². The van der Waals surface area contributed by atoms with Gasteiger partial charge in [-0.25, -0.2) is 0 Å². The summed E-state index contributed by atoms with van der Waals surface area (Å²) in [5.41, 5.74) is 0. The van der Waals surface area contributed by atoms with Crippen molar-refractivity contribution in [1.29, 1.82) is 0 Å². The van der Waals surface area contributed by atoms with Gasteiger partial charge in [0.2, 0.25) is 0 Å². The molecule has 0 rings (SSSR count). The van der Waals surface area contributed by atoms with Gasteiger partial charge in [-0.1, -0.05) is 25.7 Å². The minimum absolute atomic E-state index is 0.118. The van der Waals surface area contributed by atoms with Crippen LogP contribution in [0.4, 0.5) is 22.0 Å². The SMILES string of the molecule is CO[Si](CCCC(C[Si](C)(C)C)C(CCOCC(F)(F)C(F)(F)F)O[Si](C)(C)C)(OC)OC. The fourth-order valence-corrected chi connectivity index (χ4v) is 8.68. The molecule has 0 fully saturated rings. The third-order valence-corrected chi connectivity index (χ3v) is 10.7. The van der Waals surface area contributed by atoms with Gasteiger partial charge in [0.05, 0.1) is 0 Å². The van der Waals surface area contributed by atoms with Crippen LogP contribution in [0, 0.1) is 5.92 Å². The first-order chi connectivity index (χ1) is 14.8. The molecule has 33 heavy (non-hydrogen) atoms. The number of ether oxygens (including phenoxy) is 1. The predicted octanol–water partition coefficient (Wildman–Crippen LogP) is 6.42. The van der Waals surface area contributed by atoms with Gasteiger partial charge in [-0.3, -0.25) is 0 Å². The predicted molar refractivity (Wildman–Crippen MR) is 127 cm³/mol. The summed E-state index contributed by atoms with van der Waals surface area (Å²) >= 11 is 0. The number of halogens is 5. The van der Waals surface area contributed by atoms with Crippen molar-refractivity contribution >= 4 is 25.2 Å². The molecule has 0 radical (unpaired) electrons. The van der Waals surface area contributed by atoms with Crippen LogP contribution in [-0.2, 0) is 22.4 Å². The zero-order chi connectivity index (χ0) is 26.1. The molecule has 0 aliphatic heterocycles. The van der Waals surface area contributed by atoms with Crippen molar-refractivity contribution < 1.29 is 44.4 Å². The molecule has 0 spiro atoms. The van der Waals surface area contributed by atoms with Crippen LogP contribution in [-0.4, -0.2) is 77.9 Å². The smallest absolute Gasteiger partial charge is 0.414 e. The topological polar surface area (TPSA) is 46.2 Å². The van der Waals surface area contributed by atoms with Gasteiger partial charge in [0.25, 0.3) is 0 Å². The number of rotatable bonds is 17. The summed E-state index contributed by atoms with van der Waals surface area (Å²) in [6, 6.07) is 1.55. The van der Waals surface area contributed by atoms with E-state index in [-0.39, 0.29) is 25.0 Å². The molecule has 0 aliphatic rings. The summed E-state index contributed by atoms with van der Waals surface area (Å²) in [6.45, 7) is 10.9. The Morgan fingerprint density at radius 1 is 0.788 bits per heavy atom. The molecule has 2 unspecified atom stereocenters. The second-order valence-electron chi connectivity index (χ2n) is 10.5. The van der Waals surface area contributed by atoms with Crippen LogP contribution in [0.15, 0.2) is 0 Å². The second-order valence-corrected chi connectivity index (χ2v) is 23.6. The molecule has 13 heteroatoms. The first kappa shape index (κ1) is 33.1. The van der Waals surface area contributed by atoms with E-state index in [0.717, 1.165) is 18.9 Å². The Hall–Kier alpha value is 0.101. The molecule has 0 saturated heterocycles. The lowest BCUT2D eigenvalue weighted by Crippen LogP contribution is -2.43. The Morgan fingerprint density at radius 3 is 1.70 bits per heavy atom. The summed E-state index contributed by atoms with van der Waals surface area (Å²) in [5.74, 6) is -4.75. The van der Waals surface area contributed by atoms with Crippen LogP contribution >= 0.6 is 0 Å². The summed E-state index contributed by atoms with van der Waals surface area (Å²) in [6.07, 6.45) is -4.11. The zero-order valence-electron chi connectivity index (χ0n) is 21.5. The molecule has 0 heterocycles. The molecule has 0 aliphatic carbocycles. The maximum Gasteiger partial charge on any atom is 0.500 e. The van der Waals surface area contributed by atoms with Gasteiger partial charge in [0, 0.05) is 48.2 Å². The molecule has 0 N–H and O–H groups in total. The molecular weight excluding hydrogens is 499 g/mol. The van der Waals surface area contributed by atoms with E-state index in [1.165, 1.54) is 0 Å². The van der Waals surface area contributed by atoms with E-state index < -0.39 is 43.9 Å². The molecule has 0 amide bonds. The number of alkyl halides is 5. The third-order valence-electron chi connectivity index (χ3n) is 5.14. The Balaban J connectivity index is 5.36. The summed E-state index contributed by atoms with van der Waals surface area (Å²) in [4.78, 5) is 0. The van der Waals surface area contributed by atoms with Crippen molar-refractivity contribution in [3.05, 3.63) is 0 Å². The molecule has 0 saturated carbocycles. The molecule has 0 aromatic rings. The van der Waals surface area contributed by atoms with Crippen LogP contribution < -0.4 is 0 Å². The molecule has 5 nitrogen and oxygen atoms in total. The highest BCUT2D eigenvalue weighted by Crippen LogP contribution is 2.36. The second kappa shape index (κ2) is 13.4. The largest absolute Gasteiger partial charge is 0.500 e. The average Bonchev–Trinajstić information content (AvgIpc) is 2.64. The Morgan fingerprint density at radius 2 is 1.30 bits per heavy atom. The first-order valence-corrected chi connectivity index (χ1v) is 20.2. The zero-order valence-corrected chi connectivity index (χ0v) is 24.5. The highest BCUT2D eigenvalue weighted by molar-refractivity contribution is 6.76. The molecule has 200 valence electrons. The molecular formula is C20H43F5O5Si3. The Bertz CT molecular complexity index is 541.